The topological polar surface area (TPSA) is 55.2 Å². The maximum Gasteiger partial charge on any atom is 0.261 e. The van der Waals surface area contributed by atoms with E-state index in [9.17, 15) is 9.59 Å². The molecule has 0 aliphatic heterocycles. The molecule has 0 N–H and O–H groups in total. The lowest BCUT2D eigenvalue weighted by atomic mass is 10.1. The minimum atomic E-state index is -0.353. The van der Waals surface area contributed by atoms with Gasteiger partial charge in [-0.25, -0.2) is 4.98 Å². The molecule has 0 fully saturated rings. The largest absolute Gasteiger partial charge is 0.329 e. The van der Waals surface area contributed by atoms with Crippen LogP contribution in [-0.2, 0) is 7.05 Å². The highest BCUT2D eigenvalue weighted by molar-refractivity contribution is 6.42. The maximum absolute atomic E-state index is 13.2. The highest BCUT2D eigenvalue weighted by Crippen LogP contribution is 2.27. The first-order chi connectivity index (χ1) is 13.4. The Morgan fingerprint density at radius 1 is 1.14 bits per heavy atom. The Kier molecular flexibility index (Phi) is 6.06. The molecule has 7 heteroatoms. The fourth-order valence-electron chi connectivity index (χ4n) is 3.38. The van der Waals surface area contributed by atoms with Crippen molar-refractivity contribution in [1.82, 2.24) is 14.5 Å². The highest BCUT2D eigenvalue weighted by atomic mass is 35.5. The number of halogens is 2. The van der Waals surface area contributed by atoms with Gasteiger partial charge in [0, 0.05) is 19.2 Å². The van der Waals surface area contributed by atoms with Crippen LogP contribution in [0.5, 0.6) is 0 Å². The van der Waals surface area contributed by atoms with Gasteiger partial charge >= 0.3 is 0 Å². The van der Waals surface area contributed by atoms with E-state index in [1.807, 2.05) is 32.0 Å². The summed E-state index contributed by atoms with van der Waals surface area (Å²) in [6.45, 7) is 4.33. The van der Waals surface area contributed by atoms with E-state index >= 15 is 0 Å². The van der Waals surface area contributed by atoms with Gasteiger partial charge in [-0.2, -0.15) is 0 Å². The second kappa shape index (κ2) is 8.33. The Morgan fingerprint density at radius 2 is 1.86 bits per heavy atom. The molecule has 1 atom stereocenters. The smallest absolute Gasteiger partial charge is 0.261 e. The Labute approximate surface area is 173 Å². The quantitative estimate of drug-likeness (QED) is 0.595. The van der Waals surface area contributed by atoms with E-state index in [0.717, 1.165) is 0 Å². The third kappa shape index (κ3) is 3.64. The lowest BCUT2D eigenvalue weighted by Crippen LogP contribution is -2.38. The summed E-state index contributed by atoms with van der Waals surface area (Å²) < 4.78 is 1.53. The minimum absolute atomic E-state index is 0.128. The van der Waals surface area contributed by atoms with Crippen molar-refractivity contribution < 1.29 is 4.79 Å². The van der Waals surface area contributed by atoms with Gasteiger partial charge in [0.15, 0.2) is 0 Å². The zero-order valence-electron chi connectivity index (χ0n) is 15.9. The SMILES string of the molecule is CCC(c1nc2ccccc2c(=O)n1C)N(CC)C(=O)c1ccc(Cl)c(Cl)c1. The molecule has 1 aromatic heterocycles. The Bertz CT molecular complexity index is 1090. The van der Waals surface area contributed by atoms with Crippen molar-refractivity contribution in [2.75, 3.05) is 6.54 Å². The molecule has 1 unspecified atom stereocenters. The monoisotopic (exact) mass is 417 g/mol. The predicted molar refractivity (Wildman–Crippen MR) is 113 cm³/mol. The molecule has 28 heavy (non-hydrogen) atoms. The Hall–Kier alpha value is -2.37. The molecular formula is C21H21Cl2N3O2. The van der Waals surface area contributed by atoms with Gasteiger partial charge in [-0.05, 0) is 43.7 Å². The molecule has 2 aromatic carbocycles. The van der Waals surface area contributed by atoms with Crippen LogP contribution in [0.2, 0.25) is 10.0 Å². The molecule has 3 aromatic rings. The first-order valence-electron chi connectivity index (χ1n) is 9.10. The molecule has 0 spiro atoms. The van der Waals surface area contributed by atoms with Crippen LogP contribution in [0.15, 0.2) is 47.3 Å². The number of amides is 1. The van der Waals surface area contributed by atoms with Gasteiger partial charge in [-0.15, -0.1) is 0 Å². The zero-order chi connectivity index (χ0) is 20.4. The second-order valence-electron chi connectivity index (χ2n) is 6.50. The van der Waals surface area contributed by atoms with Crippen LogP contribution in [0.3, 0.4) is 0 Å². The number of para-hydroxylation sites is 1. The van der Waals surface area contributed by atoms with Crippen LogP contribution in [0, 0.1) is 0 Å². The van der Waals surface area contributed by atoms with Crippen molar-refractivity contribution in [1.29, 1.82) is 0 Å². The van der Waals surface area contributed by atoms with Gasteiger partial charge in [-0.1, -0.05) is 42.3 Å². The van der Waals surface area contributed by atoms with Crippen molar-refractivity contribution in [2.24, 2.45) is 7.05 Å². The zero-order valence-corrected chi connectivity index (χ0v) is 17.5. The predicted octanol–water partition coefficient (Wildman–Crippen LogP) is 4.85. The molecule has 0 bridgehead atoms. The van der Waals surface area contributed by atoms with Crippen LogP contribution in [0.25, 0.3) is 10.9 Å². The van der Waals surface area contributed by atoms with Gasteiger partial charge in [0.1, 0.15) is 5.82 Å². The van der Waals surface area contributed by atoms with Gasteiger partial charge in [0.25, 0.3) is 11.5 Å². The summed E-state index contributed by atoms with van der Waals surface area (Å²) in [6, 6.07) is 11.7. The van der Waals surface area contributed by atoms with E-state index in [2.05, 4.69) is 0 Å². The number of rotatable bonds is 5. The molecule has 0 aliphatic carbocycles. The summed E-state index contributed by atoms with van der Waals surface area (Å²) in [5, 5.41) is 1.28. The first-order valence-corrected chi connectivity index (χ1v) is 9.86. The summed E-state index contributed by atoms with van der Waals surface area (Å²) in [4.78, 5) is 32.4. The normalized spacial score (nSPS) is 12.2. The number of hydrogen-bond donors (Lipinski definition) is 0. The van der Waals surface area contributed by atoms with Crippen LogP contribution < -0.4 is 5.56 Å². The second-order valence-corrected chi connectivity index (χ2v) is 7.31. The van der Waals surface area contributed by atoms with Gasteiger partial charge in [0.05, 0.1) is 27.0 Å². The number of nitrogens with zero attached hydrogens (tertiary/aromatic N) is 3. The summed E-state index contributed by atoms with van der Waals surface area (Å²) in [7, 11) is 1.69. The number of benzene rings is 2. The van der Waals surface area contributed by atoms with Crippen LogP contribution in [0.1, 0.15) is 42.5 Å². The van der Waals surface area contributed by atoms with Crippen molar-refractivity contribution in [3.05, 3.63) is 74.3 Å². The number of carbonyl (C=O) groups is 1. The van der Waals surface area contributed by atoms with Crippen molar-refractivity contribution in [3.8, 4) is 0 Å². The molecular weight excluding hydrogens is 397 g/mol. The lowest BCUT2D eigenvalue weighted by molar-refractivity contribution is 0.0670. The van der Waals surface area contributed by atoms with Gasteiger partial charge in [0.2, 0.25) is 0 Å². The minimum Gasteiger partial charge on any atom is -0.329 e. The van der Waals surface area contributed by atoms with Gasteiger partial charge in [-0.3, -0.25) is 14.2 Å². The molecule has 1 heterocycles. The molecule has 0 radical (unpaired) electrons. The number of aromatic nitrogens is 2. The van der Waals surface area contributed by atoms with Crippen LogP contribution >= 0.6 is 23.2 Å². The van der Waals surface area contributed by atoms with E-state index in [4.69, 9.17) is 28.2 Å². The van der Waals surface area contributed by atoms with E-state index in [0.29, 0.717) is 45.3 Å². The molecule has 1 amide bonds. The maximum atomic E-state index is 13.2. The standard InChI is InChI=1S/C21H21Cl2N3O2/c1-4-18(19-24-17-9-7-6-8-14(17)21(28)25(19)3)26(5-2)20(27)13-10-11-15(22)16(23)12-13/h6-12,18H,4-5H2,1-3H3. The summed E-state index contributed by atoms with van der Waals surface area (Å²) in [6.07, 6.45) is 0.611. The van der Waals surface area contributed by atoms with Crippen molar-refractivity contribution in [3.63, 3.8) is 0 Å². The molecule has 0 saturated heterocycles. The Morgan fingerprint density at radius 3 is 2.50 bits per heavy atom. The van der Waals surface area contributed by atoms with Crippen LogP contribution in [-0.4, -0.2) is 26.9 Å². The van der Waals surface area contributed by atoms with Crippen molar-refractivity contribution >= 4 is 40.0 Å². The van der Waals surface area contributed by atoms with E-state index < -0.39 is 0 Å². The fraction of sp³-hybridized carbons (Fsp3) is 0.286. The van der Waals surface area contributed by atoms with E-state index in [-0.39, 0.29) is 17.5 Å². The molecule has 3 rings (SSSR count). The van der Waals surface area contributed by atoms with E-state index in [1.54, 1.807) is 36.2 Å². The fourth-order valence-corrected chi connectivity index (χ4v) is 3.67. The molecule has 0 saturated carbocycles. The Balaban J connectivity index is 2.09. The number of carbonyl (C=O) groups excluding carboxylic acids is 1. The summed E-state index contributed by atoms with van der Waals surface area (Å²) in [5.41, 5.74) is 0.940. The average molecular weight is 418 g/mol. The highest BCUT2D eigenvalue weighted by Gasteiger charge is 2.27. The molecule has 146 valence electrons. The van der Waals surface area contributed by atoms with Crippen LogP contribution in [0.4, 0.5) is 0 Å². The number of fused-ring (bicyclic) bond motifs is 1. The molecule has 5 nitrogen and oxygen atoms in total. The third-order valence-electron chi connectivity index (χ3n) is 4.85. The number of hydrogen-bond acceptors (Lipinski definition) is 3. The summed E-state index contributed by atoms with van der Waals surface area (Å²) >= 11 is 12.1. The van der Waals surface area contributed by atoms with Gasteiger partial charge < -0.3 is 4.90 Å². The average Bonchev–Trinajstić information content (AvgIpc) is 2.70. The lowest BCUT2D eigenvalue weighted by Gasteiger charge is -2.31. The van der Waals surface area contributed by atoms with Crippen molar-refractivity contribution in [2.45, 2.75) is 26.3 Å². The first kappa shape index (κ1) is 20.4. The van der Waals surface area contributed by atoms with E-state index in [1.165, 1.54) is 4.57 Å². The molecule has 0 aliphatic rings. The third-order valence-corrected chi connectivity index (χ3v) is 5.59. The summed E-state index contributed by atoms with van der Waals surface area (Å²) in [5.74, 6) is 0.372.